The predicted octanol–water partition coefficient (Wildman–Crippen LogP) is 2.29. The molecule has 7 nitrogen and oxygen atoms in total. The standard InChI is InChI=1S/C16H16ClN3O4S2/c17-13-6-7-14(25-13)26(23,24)20-8-2-5-12(20)16(22)19-11-4-1-3-10(9-11)15(18)21/h1,3-4,6-7,9,12H,2,5,8H2,(H2,18,21)(H,19,22). The number of hydrogen-bond donors (Lipinski definition) is 2. The first-order chi connectivity index (χ1) is 12.3. The Bertz CT molecular complexity index is 958. The third kappa shape index (κ3) is 3.75. The minimum absolute atomic E-state index is 0.109. The molecular formula is C16H16ClN3O4S2. The van der Waals surface area contributed by atoms with Crippen LogP contribution in [0.3, 0.4) is 0 Å². The van der Waals surface area contributed by atoms with E-state index in [4.69, 9.17) is 17.3 Å². The van der Waals surface area contributed by atoms with Crippen molar-refractivity contribution in [3.8, 4) is 0 Å². The van der Waals surface area contributed by atoms with Gasteiger partial charge in [0.15, 0.2) is 0 Å². The van der Waals surface area contributed by atoms with E-state index >= 15 is 0 Å². The van der Waals surface area contributed by atoms with Crippen molar-refractivity contribution in [3.05, 3.63) is 46.3 Å². The van der Waals surface area contributed by atoms with E-state index < -0.39 is 27.9 Å². The highest BCUT2D eigenvalue weighted by molar-refractivity contribution is 7.91. The fourth-order valence-electron chi connectivity index (χ4n) is 2.82. The van der Waals surface area contributed by atoms with Crippen molar-refractivity contribution in [2.75, 3.05) is 11.9 Å². The van der Waals surface area contributed by atoms with Crippen LogP contribution in [-0.2, 0) is 14.8 Å². The molecule has 1 fully saturated rings. The van der Waals surface area contributed by atoms with Gasteiger partial charge in [0.25, 0.3) is 10.0 Å². The lowest BCUT2D eigenvalue weighted by Crippen LogP contribution is -2.42. The highest BCUT2D eigenvalue weighted by atomic mass is 35.5. The lowest BCUT2D eigenvalue weighted by atomic mass is 10.1. The minimum Gasteiger partial charge on any atom is -0.366 e. The molecule has 138 valence electrons. The van der Waals surface area contributed by atoms with Crippen LogP contribution in [0.5, 0.6) is 0 Å². The number of benzene rings is 1. The van der Waals surface area contributed by atoms with Gasteiger partial charge < -0.3 is 11.1 Å². The first kappa shape index (κ1) is 18.8. The molecule has 0 saturated carbocycles. The second kappa shape index (κ2) is 7.36. The average molecular weight is 414 g/mol. The Kier molecular flexibility index (Phi) is 5.33. The van der Waals surface area contributed by atoms with Crippen LogP contribution in [0.1, 0.15) is 23.2 Å². The molecule has 1 aromatic heterocycles. The van der Waals surface area contributed by atoms with Gasteiger partial charge in [-0.2, -0.15) is 4.31 Å². The highest BCUT2D eigenvalue weighted by Gasteiger charge is 2.40. The third-order valence-electron chi connectivity index (χ3n) is 4.03. The number of carbonyl (C=O) groups is 2. The van der Waals surface area contributed by atoms with E-state index in [2.05, 4.69) is 5.32 Å². The summed E-state index contributed by atoms with van der Waals surface area (Å²) in [7, 11) is -3.79. The number of nitrogens with zero attached hydrogens (tertiary/aromatic N) is 1. The Morgan fingerprint density at radius 3 is 2.69 bits per heavy atom. The molecule has 1 aliphatic heterocycles. The van der Waals surface area contributed by atoms with Crippen molar-refractivity contribution in [3.63, 3.8) is 0 Å². The molecular weight excluding hydrogens is 398 g/mol. The fourth-order valence-corrected chi connectivity index (χ4v) is 6.09. The Morgan fingerprint density at radius 1 is 1.27 bits per heavy atom. The molecule has 3 N–H and O–H groups in total. The summed E-state index contributed by atoms with van der Waals surface area (Å²) in [6.07, 6.45) is 0.997. The predicted molar refractivity (Wildman–Crippen MR) is 99.8 cm³/mol. The lowest BCUT2D eigenvalue weighted by Gasteiger charge is -2.22. The Balaban J connectivity index is 1.80. The summed E-state index contributed by atoms with van der Waals surface area (Å²) in [5.41, 5.74) is 5.87. The van der Waals surface area contributed by atoms with E-state index in [-0.39, 0.29) is 16.3 Å². The third-order valence-corrected chi connectivity index (χ3v) is 7.64. The van der Waals surface area contributed by atoms with Crippen LogP contribution in [0.4, 0.5) is 5.69 Å². The van der Waals surface area contributed by atoms with Crippen LogP contribution in [0.15, 0.2) is 40.6 Å². The quantitative estimate of drug-likeness (QED) is 0.783. The van der Waals surface area contributed by atoms with Gasteiger partial charge in [0.2, 0.25) is 11.8 Å². The van der Waals surface area contributed by atoms with Crippen molar-refractivity contribution in [2.45, 2.75) is 23.1 Å². The van der Waals surface area contributed by atoms with Gasteiger partial charge in [-0.05, 0) is 43.2 Å². The molecule has 0 bridgehead atoms. The summed E-state index contributed by atoms with van der Waals surface area (Å²) in [6, 6.07) is 8.31. The van der Waals surface area contributed by atoms with Gasteiger partial charge >= 0.3 is 0 Å². The molecule has 0 spiro atoms. The number of nitrogens with one attached hydrogen (secondary N) is 1. The molecule has 2 aromatic rings. The topological polar surface area (TPSA) is 110 Å². The van der Waals surface area contributed by atoms with Crippen LogP contribution >= 0.6 is 22.9 Å². The summed E-state index contributed by atoms with van der Waals surface area (Å²) < 4.78 is 27.3. The van der Waals surface area contributed by atoms with E-state index in [1.807, 2.05) is 0 Å². The number of sulfonamides is 1. The summed E-state index contributed by atoms with van der Waals surface area (Å²) in [4.78, 5) is 23.9. The van der Waals surface area contributed by atoms with Gasteiger partial charge in [0.1, 0.15) is 10.3 Å². The van der Waals surface area contributed by atoms with Crippen LogP contribution in [0, 0.1) is 0 Å². The number of primary amides is 1. The van der Waals surface area contributed by atoms with Gasteiger partial charge in [-0.1, -0.05) is 17.7 Å². The van der Waals surface area contributed by atoms with Crippen molar-refractivity contribution in [1.82, 2.24) is 4.31 Å². The zero-order valence-electron chi connectivity index (χ0n) is 13.5. The number of hydrogen-bond acceptors (Lipinski definition) is 5. The first-order valence-corrected chi connectivity index (χ1v) is 10.4. The van der Waals surface area contributed by atoms with Gasteiger partial charge in [0.05, 0.1) is 4.34 Å². The maximum Gasteiger partial charge on any atom is 0.253 e. The molecule has 10 heteroatoms. The molecule has 3 rings (SSSR count). The van der Waals surface area contributed by atoms with Crippen molar-refractivity contribution in [1.29, 1.82) is 0 Å². The number of thiophene rings is 1. The summed E-state index contributed by atoms with van der Waals surface area (Å²) in [5.74, 6) is -1.06. The number of amides is 2. The van der Waals surface area contributed by atoms with Gasteiger partial charge in [0, 0.05) is 17.8 Å². The maximum absolute atomic E-state index is 12.8. The van der Waals surface area contributed by atoms with Crippen LogP contribution in [-0.4, -0.2) is 37.1 Å². The molecule has 1 saturated heterocycles. The summed E-state index contributed by atoms with van der Waals surface area (Å²) in [5, 5.41) is 2.66. The number of halogens is 1. The van der Waals surface area contributed by atoms with Crippen molar-refractivity contribution >= 4 is 50.5 Å². The van der Waals surface area contributed by atoms with Crippen LogP contribution in [0.25, 0.3) is 0 Å². The Morgan fingerprint density at radius 2 is 2.04 bits per heavy atom. The lowest BCUT2D eigenvalue weighted by molar-refractivity contribution is -0.119. The van der Waals surface area contributed by atoms with Crippen LogP contribution in [0.2, 0.25) is 4.34 Å². The minimum atomic E-state index is -3.79. The smallest absolute Gasteiger partial charge is 0.253 e. The molecule has 1 atom stereocenters. The first-order valence-electron chi connectivity index (χ1n) is 7.77. The molecule has 1 aliphatic rings. The van der Waals surface area contributed by atoms with Crippen molar-refractivity contribution < 1.29 is 18.0 Å². The van der Waals surface area contributed by atoms with Gasteiger partial charge in [-0.25, -0.2) is 8.42 Å². The van der Waals surface area contributed by atoms with Gasteiger partial charge in [-0.3, -0.25) is 9.59 Å². The van der Waals surface area contributed by atoms with E-state index in [0.29, 0.717) is 22.9 Å². The van der Waals surface area contributed by atoms with E-state index in [1.54, 1.807) is 12.1 Å². The maximum atomic E-state index is 12.8. The molecule has 2 amide bonds. The van der Waals surface area contributed by atoms with Crippen molar-refractivity contribution in [2.24, 2.45) is 5.73 Å². The molecule has 1 aromatic carbocycles. The largest absolute Gasteiger partial charge is 0.366 e. The van der Waals surface area contributed by atoms with E-state index in [9.17, 15) is 18.0 Å². The Labute approximate surface area is 159 Å². The number of nitrogens with two attached hydrogens (primary N) is 1. The molecule has 0 aliphatic carbocycles. The molecule has 1 unspecified atom stereocenters. The second-order valence-electron chi connectivity index (χ2n) is 5.77. The van der Waals surface area contributed by atoms with Crippen LogP contribution < -0.4 is 11.1 Å². The monoisotopic (exact) mass is 413 g/mol. The Hall–Kier alpha value is -1.94. The average Bonchev–Trinajstić information content (AvgIpc) is 3.24. The summed E-state index contributed by atoms with van der Waals surface area (Å²) in [6.45, 7) is 0.261. The second-order valence-corrected chi connectivity index (χ2v) is 9.60. The zero-order chi connectivity index (χ0) is 18.9. The molecule has 2 heterocycles. The highest BCUT2D eigenvalue weighted by Crippen LogP contribution is 2.32. The molecule has 0 radical (unpaired) electrons. The normalized spacial score (nSPS) is 18.0. The van der Waals surface area contributed by atoms with E-state index in [1.165, 1.54) is 28.6 Å². The zero-order valence-corrected chi connectivity index (χ0v) is 15.9. The number of carbonyl (C=O) groups excluding carboxylic acids is 2. The van der Waals surface area contributed by atoms with E-state index in [0.717, 1.165) is 11.3 Å². The number of anilines is 1. The summed E-state index contributed by atoms with van der Waals surface area (Å²) >= 11 is 6.80. The fraction of sp³-hybridized carbons (Fsp3) is 0.250. The SMILES string of the molecule is NC(=O)c1cccc(NC(=O)C2CCCN2S(=O)(=O)c2ccc(Cl)s2)c1. The van der Waals surface area contributed by atoms with Gasteiger partial charge in [-0.15, -0.1) is 11.3 Å². The number of rotatable bonds is 5. The molecule has 26 heavy (non-hydrogen) atoms.